The van der Waals surface area contributed by atoms with Crippen LogP contribution < -0.4 is 0 Å². The molecule has 1 N–H and O–H groups in total. The Hall–Kier alpha value is -1.62. The predicted octanol–water partition coefficient (Wildman–Crippen LogP) is 2.84. The van der Waals surface area contributed by atoms with Crippen molar-refractivity contribution in [3.05, 3.63) is 40.3 Å². The van der Waals surface area contributed by atoms with Gasteiger partial charge in [0.2, 0.25) is 0 Å². The summed E-state index contributed by atoms with van der Waals surface area (Å²) in [6.45, 7) is 0.834. The first-order chi connectivity index (χ1) is 8.86. The topological polar surface area (TPSA) is 49.0 Å². The third kappa shape index (κ3) is 2.06. The number of piperidine rings is 1. The number of carbonyl (C=O) groups excluding carboxylic acids is 1. The Morgan fingerprint density at radius 3 is 3.11 bits per heavy atom. The number of thiophene rings is 1. The van der Waals surface area contributed by atoms with E-state index in [2.05, 4.69) is 10.2 Å². The molecule has 0 aliphatic carbocycles. The lowest BCUT2D eigenvalue weighted by atomic mass is 9.99. The van der Waals surface area contributed by atoms with E-state index in [1.807, 2.05) is 28.5 Å². The fourth-order valence-electron chi connectivity index (χ4n) is 2.49. The molecule has 0 bridgehead atoms. The van der Waals surface area contributed by atoms with Crippen molar-refractivity contribution in [2.75, 3.05) is 6.54 Å². The predicted molar refractivity (Wildman–Crippen MR) is 70.5 cm³/mol. The van der Waals surface area contributed by atoms with Crippen LogP contribution in [0, 0.1) is 0 Å². The largest absolute Gasteiger partial charge is 0.329 e. The molecular weight excluding hydrogens is 246 g/mol. The zero-order valence-electron chi connectivity index (χ0n) is 10.0. The van der Waals surface area contributed by atoms with Crippen molar-refractivity contribution in [1.82, 2.24) is 15.1 Å². The molecule has 1 atom stereocenters. The standard InChI is InChI=1S/C13H15N3OS/c17-13(12-5-3-9-18-12)16-8-2-1-4-11(16)10-6-7-14-15-10/h3,5-7,9,11H,1-2,4,8H2,(H,14,15). The van der Waals surface area contributed by atoms with Crippen molar-refractivity contribution < 1.29 is 4.79 Å². The average molecular weight is 261 g/mol. The summed E-state index contributed by atoms with van der Waals surface area (Å²) >= 11 is 1.51. The molecule has 0 aromatic carbocycles. The van der Waals surface area contributed by atoms with E-state index < -0.39 is 0 Å². The summed E-state index contributed by atoms with van der Waals surface area (Å²) in [5.74, 6) is 0.143. The van der Waals surface area contributed by atoms with Crippen molar-refractivity contribution in [1.29, 1.82) is 0 Å². The summed E-state index contributed by atoms with van der Waals surface area (Å²) in [5.41, 5.74) is 1.04. The first kappa shape index (κ1) is 11.5. The molecule has 1 saturated heterocycles. The first-order valence-electron chi connectivity index (χ1n) is 6.20. The molecule has 0 radical (unpaired) electrons. The number of hydrogen-bond donors (Lipinski definition) is 1. The second-order valence-electron chi connectivity index (χ2n) is 4.50. The number of H-pyrrole nitrogens is 1. The number of carbonyl (C=O) groups is 1. The van der Waals surface area contributed by atoms with Gasteiger partial charge >= 0.3 is 0 Å². The van der Waals surface area contributed by atoms with Crippen LogP contribution in [-0.2, 0) is 0 Å². The van der Waals surface area contributed by atoms with Crippen LogP contribution in [0.4, 0.5) is 0 Å². The second kappa shape index (κ2) is 4.94. The van der Waals surface area contributed by atoms with Crippen molar-refractivity contribution >= 4 is 17.2 Å². The number of aromatic nitrogens is 2. The molecule has 94 valence electrons. The highest BCUT2D eigenvalue weighted by atomic mass is 32.1. The van der Waals surface area contributed by atoms with Gasteiger partial charge in [0, 0.05) is 12.7 Å². The number of aromatic amines is 1. The summed E-state index contributed by atoms with van der Waals surface area (Å²) < 4.78 is 0. The van der Waals surface area contributed by atoms with E-state index >= 15 is 0 Å². The Kier molecular flexibility index (Phi) is 3.15. The molecule has 2 aromatic rings. The zero-order chi connectivity index (χ0) is 12.4. The molecule has 0 saturated carbocycles. The Balaban J connectivity index is 1.86. The van der Waals surface area contributed by atoms with E-state index in [0.717, 1.165) is 36.4 Å². The third-order valence-corrected chi connectivity index (χ3v) is 4.23. The van der Waals surface area contributed by atoms with E-state index in [4.69, 9.17) is 0 Å². The second-order valence-corrected chi connectivity index (χ2v) is 5.45. The summed E-state index contributed by atoms with van der Waals surface area (Å²) in [5, 5.41) is 8.94. The van der Waals surface area contributed by atoms with Crippen LogP contribution in [0.3, 0.4) is 0 Å². The highest BCUT2D eigenvalue weighted by Crippen LogP contribution is 2.31. The van der Waals surface area contributed by atoms with Gasteiger partial charge in [0.1, 0.15) is 0 Å². The van der Waals surface area contributed by atoms with Gasteiger partial charge in [-0.3, -0.25) is 9.89 Å². The van der Waals surface area contributed by atoms with Crippen molar-refractivity contribution in [2.45, 2.75) is 25.3 Å². The monoisotopic (exact) mass is 261 g/mol. The lowest BCUT2D eigenvalue weighted by molar-refractivity contribution is 0.0611. The van der Waals surface area contributed by atoms with Gasteiger partial charge in [-0.15, -0.1) is 11.3 Å². The summed E-state index contributed by atoms with van der Waals surface area (Å²) in [6, 6.07) is 5.93. The Morgan fingerprint density at radius 2 is 2.39 bits per heavy atom. The van der Waals surface area contributed by atoms with Crippen LogP contribution in [0.2, 0.25) is 0 Å². The van der Waals surface area contributed by atoms with Crippen LogP contribution in [0.5, 0.6) is 0 Å². The van der Waals surface area contributed by atoms with Gasteiger partial charge in [0.15, 0.2) is 0 Å². The summed E-state index contributed by atoms with van der Waals surface area (Å²) in [6.07, 6.45) is 5.01. The molecule has 18 heavy (non-hydrogen) atoms. The SMILES string of the molecule is O=C(c1cccs1)N1CCCCC1c1ccn[nH]1. The smallest absolute Gasteiger partial charge is 0.264 e. The van der Waals surface area contributed by atoms with Crippen LogP contribution in [0.25, 0.3) is 0 Å². The number of rotatable bonds is 2. The quantitative estimate of drug-likeness (QED) is 0.903. The summed E-state index contributed by atoms with van der Waals surface area (Å²) in [4.78, 5) is 15.3. The van der Waals surface area contributed by atoms with Crippen LogP contribution in [-0.4, -0.2) is 27.5 Å². The molecule has 1 unspecified atom stereocenters. The van der Waals surface area contributed by atoms with Crippen molar-refractivity contribution in [2.24, 2.45) is 0 Å². The number of hydrogen-bond acceptors (Lipinski definition) is 3. The zero-order valence-corrected chi connectivity index (χ0v) is 10.8. The van der Waals surface area contributed by atoms with E-state index in [-0.39, 0.29) is 11.9 Å². The number of likely N-dealkylation sites (tertiary alicyclic amines) is 1. The van der Waals surface area contributed by atoms with E-state index in [1.165, 1.54) is 11.3 Å². The average Bonchev–Trinajstić information content (AvgIpc) is 3.11. The first-order valence-corrected chi connectivity index (χ1v) is 7.08. The van der Waals surface area contributed by atoms with Gasteiger partial charge in [-0.05, 0) is 36.8 Å². The number of amides is 1. The maximum absolute atomic E-state index is 12.5. The fraction of sp³-hybridized carbons (Fsp3) is 0.385. The minimum Gasteiger partial charge on any atom is -0.329 e. The molecule has 4 nitrogen and oxygen atoms in total. The maximum atomic E-state index is 12.5. The molecule has 3 heterocycles. The highest BCUT2D eigenvalue weighted by molar-refractivity contribution is 7.12. The van der Waals surface area contributed by atoms with E-state index in [9.17, 15) is 4.79 Å². The Morgan fingerprint density at radius 1 is 1.44 bits per heavy atom. The molecule has 3 rings (SSSR count). The Bertz CT molecular complexity index is 506. The van der Waals surface area contributed by atoms with Gasteiger partial charge in [-0.2, -0.15) is 5.10 Å². The maximum Gasteiger partial charge on any atom is 0.264 e. The lowest BCUT2D eigenvalue weighted by Gasteiger charge is -2.34. The molecular formula is C13H15N3OS. The molecule has 1 aliphatic rings. The molecule has 0 spiro atoms. The summed E-state index contributed by atoms with van der Waals surface area (Å²) in [7, 11) is 0. The van der Waals surface area contributed by atoms with E-state index in [0.29, 0.717) is 0 Å². The van der Waals surface area contributed by atoms with E-state index in [1.54, 1.807) is 6.20 Å². The minimum absolute atomic E-state index is 0.143. The molecule has 5 heteroatoms. The van der Waals surface area contributed by atoms with Crippen LogP contribution >= 0.6 is 11.3 Å². The molecule has 2 aromatic heterocycles. The van der Waals surface area contributed by atoms with Crippen molar-refractivity contribution in [3.63, 3.8) is 0 Å². The number of nitrogens with zero attached hydrogens (tertiary/aromatic N) is 2. The van der Waals surface area contributed by atoms with Gasteiger partial charge in [-0.1, -0.05) is 6.07 Å². The van der Waals surface area contributed by atoms with Gasteiger partial charge in [0.05, 0.1) is 16.6 Å². The molecule has 1 aliphatic heterocycles. The van der Waals surface area contributed by atoms with Gasteiger partial charge in [-0.25, -0.2) is 0 Å². The minimum atomic E-state index is 0.143. The highest BCUT2D eigenvalue weighted by Gasteiger charge is 2.29. The van der Waals surface area contributed by atoms with Crippen LogP contribution in [0.15, 0.2) is 29.8 Å². The normalized spacial score (nSPS) is 20.0. The molecule has 1 amide bonds. The Labute approximate surface area is 110 Å². The third-order valence-electron chi connectivity index (χ3n) is 3.38. The number of nitrogens with one attached hydrogen (secondary N) is 1. The van der Waals surface area contributed by atoms with Crippen LogP contribution in [0.1, 0.15) is 40.7 Å². The molecule has 1 fully saturated rings. The van der Waals surface area contributed by atoms with Gasteiger partial charge < -0.3 is 4.90 Å². The van der Waals surface area contributed by atoms with Crippen molar-refractivity contribution in [3.8, 4) is 0 Å². The fourth-order valence-corrected chi connectivity index (χ4v) is 3.17. The van der Waals surface area contributed by atoms with Gasteiger partial charge in [0.25, 0.3) is 5.91 Å². The lowest BCUT2D eigenvalue weighted by Crippen LogP contribution is -2.38.